The summed E-state index contributed by atoms with van der Waals surface area (Å²) in [5.74, 6) is 0. The van der Waals surface area contributed by atoms with Crippen LogP contribution in [0, 0.1) is 20.0 Å². The van der Waals surface area contributed by atoms with Gasteiger partial charge in [0, 0.05) is 32.7 Å². The van der Waals surface area contributed by atoms with Gasteiger partial charge in [0.15, 0.2) is 0 Å². The molecule has 3 heteroatoms. The molecule has 0 aromatic carbocycles. The van der Waals surface area contributed by atoms with Gasteiger partial charge >= 0.3 is 32.7 Å². The van der Waals surface area contributed by atoms with Gasteiger partial charge in [-0.3, -0.25) is 12.1 Å². The number of hydrogen-bond acceptors (Lipinski definition) is 1. The second-order valence-corrected chi connectivity index (χ2v) is 2.02. The van der Waals surface area contributed by atoms with Gasteiger partial charge in [-0.15, -0.1) is 0 Å². The van der Waals surface area contributed by atoms with Gasteiger partial charge in [-0.05, 0) is 6.54 Å². The van der Waals surface area contributed by atoms with Crippen LogP contribution in [0.4, 0.5) is 0 Å². The molecule has 0 amide bonds. The van der Waals surface area contributed by atoms with Crippen LogP contribution in [0.15, 0.2) is 5.57 Å². The fourth-order valence-electron chi connectivity index (χ4n) is 0.529. The van der Waals surface area contributed by atoms with E-state index in [9.17, 15) is 0 Å². The summed E-state index contributed by atoms with van der Waals surface area (Å²) in [6.45, 7) is 9.03. The van der Waals surface area contributed by atoms with E-state index >= 15 is 0 Å². The van der Waals surface area contributed by atoms with Crippen molar-refractivity contribution in [2.45, 2.75) is 27.2 Å². The van der Waals surface area contributed by atoms with Crippen LogP contribution < -0.4 is 5.32 Å². The van der Waals surface area contributed by atoms with Crippen molar-refractivity contribution in [2.24, 2.45) is 0 Å². The molecular formula is C9H18NY2. The zero-order valence-electron chi connectivity index (χ0n) is 8.65. The molecule has 0 aliphatic carbocycles. The van der Waals surface area contributed by atoms with E-state index in [-0.39, 0.29) is 72.8 Å². The molecule has 0 aliphatic rings. The Morgan fingerprint density at radius 3 is 2.33 bits per heavy atom. The Morgan fingerprint density at radius 2 is 2.00 bits per heavy atom. The van der Waals surface area contributed by atoms with Crippen LogP contribution in [0.1, 0.15) is 27.2 Å². The maximum absolute atomic E-state index is 3.13. The summed E-state index contributed by atoms with van der Waals surface area (Å²) < 4.78 is 0. The van der Waals surface area contributed by atoms with Crippen molar-refractivity contribution in [3.63, 3.8) is 0 Å². The third-order valence-corrected chi connectivity index (χ3v) is 1.28. The fraction of sp³-hybridized carbons (Fsp3) is 0.556. The summed E-state index contributed by atoms with van der Waals surface area (Å²) in [6.07, 6.45) is 4.18. The zero-order chi connectivity index (χ0) is 7.11. The first kappa shape index (κ1) is 23.6. The van der Waals surface area contributed by atoms with Crippen molar-refractivity contribution in [3.05, 3.63) is 25.6 Å². The van der Waals surface area contributed by atoms with Crippen molar-refractivity contribution in [1.29, 1.82) is 0 Å². The predicted molar refractivity (Wildman–Crippen MR) is 47.1 cm³/mol. The van der Waals surface area contributed by atoms with E-state index in [4.69, 9.17) is 0 Å². The molecule has 0 aromatic rings. The van der Waals surface area contributed by atoms with Gasteiger partial charge in [-0.2, -0.15) is 13.8 Å². The van der Waals surface area contributed by atoms with E-state index in [1.807, 2.05) is 20.4 Å². The SMILES string of the molecule is C[C-]=C(C)CCN[CH-]C.[CH3-].[Y+3].[Y]. The number of allylic oxidation sites excluding steroid dienone is 1. The first-order valence-electron chi connectivity index (χ1n) is 3.32. The van der Waals surface area contributed by atoms with Crippen LogP contribution >= 0.6 is 0 Å². The van der Waals surface area contributed by atoms with Crippen molar-refractivity contribution < 1.29 is 65.4 Å². The molecule has 0 spiro atoms. The summed E-state index contributed by atoms with van der Waals surface area (Å²) in [4.78, 5) is 0. The van der Waals surface area contributed by atoms with Gasteiger partial charge in [0.2, 0.25) is 0 Å². The van der Waals surface area contributed by atoms with Crippen molar-refractivity contribution >= 4 is 0 Å². The number of rotatable bonds is 4. The van der Waals surface area contributed by atoms with Crippen LogP contribution in [0.5, 0.6) is 0 Å². The minimum atomic E-state index is 0. The van der Waals surface area contributed by atoms with Gasteiger partial charge in [0.1, 0.15) is 0 Å². The van der Waals surface area contributed by atoms with Gasteiger partial charge in [0.25, 0.3) is 0 Å². The monoisotopic (exact) mass is 318 g/mol. The average molecular weight is 318 g/mol. The maximum Gasteiger partial charge on any atom is 3.00 e. The van der Waals surface area contributed by atoms with E-state index in [0.29, 0.717) is 0 Å². The Labute approximate surface area is 128 Å². The van der Waals surface area contributed by atoms with Crippen LogP contribution in [0.25, 0.3) is 0 Å². The predicted octanol–water partition coefficient (Wildman–Crippen LogP) is 2.36. The van der Waals surface area contributed by atoms with Crippen molar-refractivity contribution in [1.82, 2.24) is 5.32 Å². The molecule has 0 aliphatic heterocycles. The smallest absolute Gasteiger partial charge is 0.501 e. The molecule has 65 valence electrons. The van der Waals surface area contributed by atoms with E-state index in [0.717, 1.165) is 13.0 Å². The summed E-state index contributed by atoms with van der Waals surface area (Å²) in [5.41, 5.74) is 1.32. The molecule has 0 heterocycles. The minimum absolute atomic E-state index is 0. The molecular weight excluding hydrogens is 300 g/mol. The molecule has 1 radical (unpaired) electrons. The molecule has 0 saturated heterocycles. The van der Waals surface area contributed by atoms with Crippen LogP contribution in [-0.4, -0.2) is 6.54 Å². The normalized spacial score (nSPS) is 9.08. The van der Waals surface area contributed by atoms with Gasteiger partial charge < -0.3 is 18.8 Å². The zero-order valence-corrected chi connectivity index (χ0v) is 14.3. The first-order chi connectivity index (χ1) is 4.31. The van der Waals surface area contributed by atoms with Crippen LogP contribution in [0.2, 0.25) is 0 Å². The minimum Gasteiger partial charge on any atom is -0.501 e. The Hall–Kier alpha value is 1.91. The molecule has 0 rings (SSSR count). The van der Waals surface area contributed by atoms with E-state index < -0.39 is 0 Å². The molecule has 0 fully saturated rings. The Morgan fingerprint density at radius 1 is 1.50 bits per heavy atom. The van der Waals surface area contributed by atoms with Gasteiger partial charge in [-0.1, -0.05) is 13.3 Å². The van der Waals surface area contributed by atoms with Gasteiger partial charge in [0.05, 0.1) is 0 Å². The summed E-state index contributed by atoms with van der Waals surface area (Å²) in [5, 5.41) is 3.13. The average Bonchev–Trinajstić information content (AvgIpc) is 1.89. The second kappa shape index (κ2) is 18.6. The largest absolute Gasteiger partial charge is 3.00 e. The first-order valence-corrected chi connectivity index (χ1v) is 3.32. The maximum atomic E-state index is 3.13. The van der Waals surface area contributed by atoms with E-state index in [1.54, 1.807) is 0 Å². The molecule has 1 nitrogen and oxygen atoms in total. The Balaban J connectivity index is -0.000000107. The fourth-order valence-corrected chi connectivity index (χ4v) is 0.529. The molecule has 0 unspecified atom stereocenters. The number of nitrogens with one attached hydrogen (secondary N) is 1. The second-order valence-electron chi connectivity index (χ2n) is 2.02. The third-order valence-electron chi connectivity index (χ3n) is 1.28. The molecule has 0 atom stereocenters. The summed E-state index contributed by atoms with van der Waals surface area (Å²) in [7, 11) is 0. The third kappa shape index (κ3) is 17.9. The summed E-state index contributed by atoms with van der Waals surface area (Å²) >= 11 is 0. The molecule has 1 N–H and O–H groups in total. The quantitative estimate of drug-likeness (QED) is 0.620. The van der Waals surface area contributed by atoms with E-state index in [2.05, 4.69) is 18.3 Å². The van der Waals surface area contributed by atoms with Crippen molar-refractivity contribution in [3.8, 4) is 0 Å². The molecule has 12 heavy (non-hydrogen) atoms. The number of hydrogen-bond donors (Lipinski definition) is 1. The van der Waals surface area contributed by atoms with Gasteiger partial charge in [-0.25, -0.2) is 0 Å². The van der Waals surface area contributed by atoms with Crippen LogP contribution in [0.3, 0.4) is 0 Å². The van der Waals surface area contributed by atoms with E-state index in [1.165, 1.54) is 5.57 Å². The molecule has 0 bridgehead atoms. The van der Waals surface area contributed by atoms with Crippen molar-refractivity contribution in [2.75, 3.05) is 6.54 Å². The van der Waals surface area contributed by atoms with Crippen LogP contribution in [-0.2, 0) is 65.4 Å². The standard InChI is InChI=1S/C8H15N.CH3.2Y/c1-4-8(3)6-7-9-5-2;;;/h5,9H,6-7H2,1-3H3;1H3;;/q-2;-1;;+3. The Bertz CT molecular complexity index is 92.5. The topological polar surface area (TPSA) is 12.0 Å². The summed E-state index contributed by atoms with van der Waals surface area (Å²) in [6, 6.07) is 0. The Kier molecular flexibility index (Phi) is 36.7. The molecule has 0 aromatic heterocycles. The molecule has 0 saturated carbocycles.